The Morgan fingerprint density at radius 2 is 2.03 bits per heavy atom. The van der Waals surface area contributed by atoms with Crippen molar-refractivity contribution >= 4 is 10.9 Å². The highest BCUT2D eigenvalue weighted by Crippen LogP contribution is 2.34. The van der Waals surface area contributed by atoms with Crippen molar-refractivity contribution in [1.29, 1.82) is 0 Å². The van der Waals surface area contributed by atoms with Crippen LogP contribution in [-0.2, 0) is 6.54 Å². The zero-order valence-electron chi connectivity index (χ0n) is 15.8. The van der Waals surface area contributed by atoms with Crippen LogP contribution in [0.1, 0.15) is 5.56 Å². The number of nitrogens with zero attached hydrogens (tertiary/aromatic N) is 5. The number of aryl methyl sites for hydroxylation is 1. The second-order valence-corrected chi connectivity index (χ2v) is 6.61. The molecular weight excluding hydrogens is 399 g/mol. The molecule has 0 aliphatic rings. The van der Waals surface area contributed by atoms with Gasteiger partial charge in [-0.05, 0) is 24.6 Å². The largest absolute Gasteiger partial charge is 0.494 e. The summed E-state index contributed by atoms with van der Waals surface area (Å²) in [4.78, 5) is 8.44. The summed E-state index contributed by atoms with van der Waals surface area (Å²) < 4.78 is 45.2. The van der Waals surface area contributed by atoms with E-state index in [2.05, 4.69) is 26.4 Å². The fraction of sp³-hybridized carbons (Fsp3) is 0.150. The molecule has 0 unspecified atom stereocenters. The Hall–Kier alpha value is -3.82. The van der Waals surface area contributed by atoms with Crippen LogP contribution in [0.2, 0.25) is 0 Å². The minimum absolute atomic E-state index is 0.0481. The van der Waals surface area contributed by atoms with Crippen molar-refractivity contribution in [3.63, 3.8) is 0 Å². The van der Waals surface area contributed by atoms with E-state index in [1.54, 1.807) is 25.4 Å². The van der Waals surface area contributed by atoms with E-state index >= 15 is 0 Å². The van der Waals surface area contributed by atoms with E-state index in [4.69, 9.17) is 0 Å². The van der Waals surface area contributed by atoms with Crippen molar-refractivity contribution in [3.05, 3.63) is 61.1 Å². The Bertz CT molecular complexity index is 1250. The van der Waals surface area contributed by atoms with Crippen LogP contribution in [0.15, 0.2) is 55.5 Å². The summed E-state index contributed by atoms with van der Waals surface area (Å²) in [6, 6.07) is 3.13. The molecule has 0 bridgehead atoms. The molecule has 0 aromatic carbocycles. The van der Waals surface area contributed by atoms with Crippen molar-refractivity contribution in [3.8, 4) is 28.6 Å². The number of hydrogen-bond acceptors (Lipinski definition) is 5. The van der Waals surface area contributed by atoms with E-state index in [9.17, 15) is 18.3 Å². The molecule has 30 heavy (non-hydrogen) atoms. The van der Waals surface area contributed by atoms with Crippen molar-refractivity contribution in [2.24, 2.45) is 0 Å². The summed E-state index contributed by atoms with van der Waals surface area (Å²) in [7, 11) is 0. The molecule has 0 aliphatic carbocycles. The van der Waals surface area contributed by atoms with Gasteiger partial charge in [-0.3, -0.25) is 14.2 Å². The Balaban J connectivity index is 1.76. The Morgan fingerprint density at radius 1 is 1.23 bits per heavy atom. The van der Waals surface area contributed by atoms with E-state index in [1.165, 1.54) is 33.9 Å². The minimum Gasteiger partial charge on any atom is -0.494 e. The molecule has 10 heteroatoms. The number of hydrogen-bond donors (Lipinski definition) is 1. The highest BCUT2D eigenvalue weighted by Gasteiger charge is 2.17. The zero-order valence-corrected chi connectivity index (χ0v) is 15.8. The average molecular weight is 415 g/mol. The van der Waals surface area contributed by atoms with Gasteiger partial charge in [-0.2, -0.15) is 13.9 Å². The number of rotatable bonds is 6. The summed E-state index contributed by atoms with van der Waals surface area (Å²) >= 11 is 0. The summed E-state index contributed by atoms with van der Waals surface area (Å²) in [6.07, 6.45) is 7.32. The number of pyridine rings is 2. The lowest BCUT2D eigenvalue weighted by molar-refractivity contribution is -0.0500. The van der Waals surface area contributed by atoms with Crippen LogP contribution in [0.25, 0.3) is 27.8 Å². The quantitative estimate of drug-likeness (QED) is 0.506. The fourth-order valence-electron chi connectivity index (χ4n) is 3.20. The molecule has 0 amide bonds. The van der Waals surface area contributed by atoms with Crippen molar-refractivity contribution < 1.29 is 23.0 Å². The Morgan fingerprint density at radius 3 is 2.77 bits per heavy atom. The van der Waals surface area contributed by atoms with Crippen LogP contribution in [0.4, 0.5) is 13.2 Å². The van der Waals surface area contributed by atoms with Crippen LogP contribution in [-0.4, -0.2) is 36.0 Å². The third-order valence-corrected chi connectivity index (χ3v) is 4.41. The monoisotopic (exact) mass is 415 g/mol. The van der Waals surface area contributed by atoms with E-state index in [-0.39, 0.29) is 18.2 Å². The van der Waals surface area contributed by atoms with Gasteiger partial charge in [-0.15, -0.1) is 0 Å². The van der Waals surface area contributed by atoms with Gasteiger partial charge in [0, 0.05) is 24.2 Å². The van der Waals surface area contributed by atoms with E-state index in [0.717, 1.165) is 5.56 Å². The second kappa shape index (κ2) is 7.54. The van der Waals surface area contributed by atoms with Gasteiger partial charge in [0.2, 0.25) is 5.88 Å². The molecule has 0 radical (unpaired) electrons. The third kappa shape index (κ3) is 3.71. The van der Waals surface area contributed by atoms with Crippen molar-refractivity contribution in [2.75, 3.05) is 0 Å². The molecule has 4 heterocycles. The number of allylic oxidation sites excluding steroid dienone is 1. The maximum atomic E-state index is 13.0. The van der Waals surface area contributed by atoms with Gasteiger partial charge in [0.25, 0.3) is 0 Å². The molecule has 7 nitrogen and oxygen atoms in total. The smallest absolute Gasteiger partial charge is 0.387 e. The number of halogens is 3. The SMILES string of the molecule is C=C(F)Cn1cc(-n2cc3nc(-c4cncc(OC(F)F)c4)cc(C)c3c2O)cn1. The van der Waals surface area contributed by atoms with Crippen LogP contribution >= 0.6 is 0 Å². The fourth-order valence-corrected chi connectivity index (χ4v) is 3.20. The first-order valence-corrected chi connectivity index (χ1v) is 8.80. The molecule has 0 fully saturated rings. The summed E-state index contributed by atoms with van der Waals surface area (Å²) in [5.41, 5.74) is 2.68. The molecule has 154 valence electrons. The molecular formula is C20H16F3N5O2. The molecule has 0 spiro atoms. The number of fused-ring (bicyclic) bond motifs is 1. The lowest BCUT2D eigenvalue weighted by atomic mass is 10.1. The average Bonchev–Trinajstić information content (AvgIpc) is 3.25. The molecule has 0 atom stereocenters. The van der Waals surface area contributed by atoms with Gasteiger partial charge in [-0.1, -0.05) is 6.58 Å². The third-order valence-electron chi connectivity index (χ3n) is 4.41. The Labute approximate surface area is 168 Å². The van der Waals surface area contributed by atoms with Gasteiger partial charge in [0.15, 0.2) is 0 Å². The molecule has 0 saturated carbocycles. The molecule has 4 rings (SSSR count). The summed E-state index contributed by atoms with van der Waals surface area (Å²) in [5, 5.41) is 15.3. The first-order chi connectivity index (χ1) is 14.3. The predicted octanol–water partition coefficient (Wildman–Crippen LogP) is 4.38. The van der Waals surface area contributed by atoms with Crippen LogP contribution < -0.4 is 4.74 Å². The minimum atomic E-state index is -2.96. The zero-order chi connectivity index (χ0) is 21.4. The molecule has 4 aromatic heterocycles. The highest BCUT2D eigenvalue weighted by molar-refractivity contribution is 5.90. The number of alkyl halides is 2. The van der Waals surface area contributed by atoms with E-state index < -0.39 is 12.4 Å². The number of aromatic nitrogens is 5. The molecule has 0 aliphatic heterocycles. The lowest BCUT2D eigenvalue weighted by Gasteiger charge is -2.07. The maximum absolute atomic E-state index is 13.0. The first-order valence-electron chi connectivity index (χ1n) is 8.80. The van der Waals surface area contributed by atoms with Gasteiger partial charge in [-0.25, -0.2) is 9.37 Å². The van der Waals surface area contributed by atoms with Gasteiger partial charge in [0.05, 0.1) is 41.2 Å². The molecule has 4 aromatic rings. The van der Waals surface area contributed by atoms with Gasteiger partial charge < -0.3 is 9.84 Å². The van der Waals surface area contributed by atoms with Gasteiger partial charge in [0.1, 0.15) is 11.6 Å². The summed E-state index contributed by atoms with van der Waals surface area (Å²) in [6.45, 7) is 1.95. The van der Waals surface area contributed by atoms with E-state index in [0.29, 0.717) is 27.8 Å². The first kappa shape index (κ1) is 19.5. The molecule has 1 N–H and O–H groups in total. The Kier molecular flexibility index (Phi) is 4.90. The lowest BCUT2D eigenvalue weighted by Crippen LogP contribution is -2.02. The highest BCUT2D eigenvalue weighted by atomic mass is 19.3. The number of aromatic hydroxyl groups is 1. The van der Waals surface area contributed by atoms with E-state index in [1.807, 2.05) is 0 Å². The summed E-state index contributed by atoms with van der Waals surface area (Å²) in [5.74, 6) is -0.669. The van der Waals surface area contributed by atoms with Crippen molar-refractivity contribution in [1.82, 2.24) is 24.3 Å². The van der Waals surface area contributed by atoms with Crippen LogP contribution in [0, 0.1) is 6.92 Å². The predicted molar refractivity (Wildman–Crippen MR) is 103 cm³/mol. The normalized spacial score (nSPS) is 11.4. The topological polar surface area (TPSA) is 78.0 Å². The number of ether oxygens (including phenoxy) is 1. The van der Waals surface area contributed by atoms with Gasteiger partial charge >= 0.3 is 6.61 Å². The van der Waals surface area contributed by atoms with Crippen LogP contribution in [0.3, 0.4) is 0 Å². The van der Waals surface area contributed by atoms with Crippen molar-refractivity contribution in [2.45, 2.75) is 20.1 Å². The second-order valence-electron chi connectivity index (χ2n) is 6.61. The van der Waals surface area contributed by atoms with Crippen LogP contribution in [0.5, 0.6) is 11.6 Å². The standard InChI is InChI=1S/C20H16F3N5O2/c1-11-3-16(13-4-15(7-24-5-13)30-20(22)23)26-17-10-28(19(29)18(11)17)14-6-25-27(9-14)8-12(2)21/h3-7,9-10,20,29H,2,8H2,1H3. The molecule has 0 saturated heterocycles. The maximum Gasteiger partial charge on any atom is 0.387 e.